The molecule has 0 atom stereocenters. The Bertz CT molecular complexity index is 415. The van der Waals surface area contributed by atoms with Crippen molar-refractivity contribution in [2.75, 3.05) is 0 Å². The molecule has 2 heteroatoms. The molecule has 0 heterocycles. The van der Waals surface area contributed by atoms with Crippen LogP contribution in [0.3, 0.4) is 0 Å². The molecule has 0 rings (SSSR count). The van der Waals surface area contributed by atoms with Gasteiger partial charge in [0, 0.05) is 0 Å². The van der Waals surface area contributed by atoms with Crippen molar-refractivity contribution >= 4 is 5.97 Å². The number of rotatable bonds is 28. The Morgan fingerprint density at radius 1 is 0.441 bits per heavy atom. The van der Waals surface area contributed by atoms with Crippen LogP contribution in [-0.2, 0) is 4.79 Å². The van der Waals surface area contributed by atoms with E-state index in [-0.39, 0.29) is 0 Å². The first-order valence-electron chi connectivity index (χ1n) is 15.7. The predicted octanol–water partition coefficient (Wildman–Crippen LogP) is 11.6. The van der Waals surface area contributed by atoms with Crippen LogP contribution in [0.2, 0.25) is 0 Å². The minimum atomic E-state index is -0.660. The van der Waals surface area contributed by atoms with Gasteiger partial charge < -0.3 is 5.11 Å². The number of hydrogen-bond donors (Lipinski definition) is 1. The zero-order valence-corrected chi connectivity index (χ0v) is 23.9. The van der Waals surface area contributed by atoms with Gasteiger partial charge in [0.05, 0.1) is 5.41 Å². The number of unbranched alkanes of at least 4 members (excludes halogenated alkanes) is 25. The van der Waals surface area contributed by atoms with Crippen LogP contribution in [0.5, 0.6) is 0 Å². The molecular weight excluding hydrogens is 416 g/mol. The highest BCUT2D eigenvalue weighted by Gasteiger charge is 2.25. The number of carboxylic acids is 1. The molecule has 0 bridgehead atoms. The maximum Gasteiger partial charge on any atom is 0.309 e. The van der Waals surface area contributed by atoms with E-state index in [2.05, 4.69) is 6.92 Å². The zero-order chi connectivity index (χ0) is 25.2. The van der Waals surface area contributed by atoms with Gasteiger partial charge in [-0.25, -0.2) is 0 Å². The van der Waals surface area contributed by atoms with Crippen LogP contribution in [0.1, 0.15) is 194 Å². The van der Waals surface area contributed by atoms with Crippen molar-refractivity contribution < 1.29 is 9.90 Å². The van der Waals surface area contributed by atoms with Crippen LogP contribution in [0.4, 0.5) is 0 Å². The fourth-order valence-corrected chi connectivity index (χ4v) is 4.99. The Kier molecular flexibility index (Phi) is 25.2. The largest absolute Gasteiger partial charge is 0.481 e. The van der Waals surface area contributed by atoms with Gasteiger partial charge in [0.25, 0.3) is 0 Å². The molecule has 2 nitrogen and oxygen atoms in total. The normalized spacial score (nSPS) is 11.9. The van der Waals surface area contributed by atoms with Crippen molar-refractivity contribution in [3.8, 4) is 0 Å². The lowest BCUT2D eigenvalue weighted by Crippen LogP contribution is -2.23. The van der Waals surface area contributed by atoms with Crippen LogP contribution in [0.25, 0.3) is 0 Å². The highest BCUT2D eigenvalue weighted by Crippen LogP contribution is 2.24. The van der Waals surface area contributed by atoms with E-state index in [1.54, 1.807) is 0 Å². The summed E-state index contributed by atoms with van der Waals surface area (Å²) in [5.74, 6) is -0.660. The molecule has 0 fully saturated rings. The van der Waals surface area contributed by atoms with Gasteiger partial charge in [-0.3, -0.25) is 4.79 Å². The lowest BCUT2D eigenvalue weighted by atomic mass is 9.87. The average molecular weight is 481 g/mol. The Balaban J connectivity index is 3.10. The molecule has 0 unspecified atom stereocenters. The van der Waals surface area contributed by atoms with Crippen LogP contribution in [0.15, 0.2) is 0 Å². The summed E-state index contributed by atoms with van der Waals surface area (Å²) in [5, 5.41) is 9.13. The van der Waals surface area contributed by atoms with Crippen molar-refractivity contribution in [1.82, 2.24) is 0 Å². The van der Waals surface area contributed by atoms with Gasteiger partial charge in [-0.2, -0.15) is 0 Å². The van der Waals surface area contributed by atoms with Crippen molar-refractivity contribution in [3.63, 3.8) is 0 Å². The SMILES string of the molecule is CCCCCCCCCCCCCCCCCCCCCCCCCCCCC(C)(C)C(=O)O. The molecule has 0 amide bonds. The van der Waals surface area contributed by atoms with Gasteiger partial charge in [-0.15, -0.1) is 0 Å². The van der Waals surface area contributed by atoms with Gasteiger partial charge in [0.15, 0.2) is 0 Å². The zero-order valence-electron chi connectivity index (χ0n) is 23.9. The number of hydrogen-bond acceptors (Lipinski definition) is 1. The summed E-state index contributed by atoms with van der Waals surface area (Å²) in [5.41, 5.74) is -0.549. The first kappa shape index (κ1) is 33.5. The number of aliphatic carboxylic acids is 1. The third kappa shape index (κ3) is 24.6. The molecule has 0 aliphatic carbocycles. The summed E-state index contributed by atoms with van der Waals surface area (Å²) in [4.78, 5) is 11.1. The van der Waals surface area contributed by atoms with Gasteiger partial charge in [-0.1, -0.05) is 174 Å². The van der Waals surface area contributed by atoms with Gasteiger partial charge in [0.2, 0.25) is 0 Å². The highest BCUT2D eigenvalue weighted by molar-refractivity contribution is 5.73. The van der Waals surface area contributed by atoms with E-state index in [4.69, 9.17) is 5.11 Å². The second kappa shape index (κ2) is 25.6. The average Bonchev–Trinajstić information content (AvgIpc) is 2.81. The molecular formula is C32H64O2. The number of carbonyl (C=O) groups is 1. The van der Waals surface area contributed by atoms with Crippen LogP contribution >= 0.6 is 0 Å². The van der Waals surface area contributed by atoms with Crippen molar-refractivity contribution in [2.24, 2.45) is 5.41 Å². The lowest BCUT2D eigenvalue weighted by Gasteiger charge is -2.18. The molecule has 0 radical (unpaired) electrons. The van der Waals surface area contributed by atoms with E-state index < -0.39 is 11.4 Å². The summed E-state index contributed by atoms with van der Waals surface area (Å²) < 4.78 is 0. The summed E-state index contributed by atoms with van der Waals surface area (Å²) in [6, 6.07) is 0. The fraction of sp³-hybridized carbons (Fsp3) is 0.969. The molecule has 0 saturated heterocycles. The molecule has 0 spiro atoms. The quantitative estimate of drug-likeness (QED) is 0.113. The second-order valence-electron chi connectivity index (χ2n) is 11.8. The highest BCUT2D eigenvalue weighted by atomic mass is 16.4. The first-order valence-corrected chi connectivity index (χ1v) is 15.7. The van der Waals surface area contributed by atoms with Crippen LogP contribution in [0, 0.1) is 5.41 Å². The molecule has 0 aliphatic heterocycles. The van der Waals surface area contributed by atoms with Crippen LogP contribution in [-0.4, -0.2) is 11.1 Å². The van der Waals surface area contributed by atoms with E-state index in [1.165, 1.54) is 161 Å². The molecule has 0 aromatic rings. The summed E-state index contributed by atoms with van der Waals surface area (Å²) >= 11 is 0. The molecule has 0 aromatic heterocycles. The van der Waals surface area contributed by atoms with Crippen molar-refractivity contribution in [2.45, 2.75) is 194 Å². The monoisotopic (exact) mass is 480 g/mol. The van der Waals surface area contributed by atoms with Gasteiger partial charge >= 0.3 is 5.97 Å². The van der Waals surface area contributed by atoms with E-state index in [1.807, 2.05) is 13.8 Å². The summed E-state index contributed by atoms with van der Waals surface area (Å²) in [6.07, 6.45) is 37.4. The maximum absolute atomic E-state index is 11.1. The Morgan fingerprint density at radius 3 is 0.853 bits per heavy atom. The lowest BCUT2D eigenvalue weighted by molar-refractivity contribution is -0.147. The topological polar surface area (TPSA) is 37.3 Å². The van der Waals surface area contributed by atoms with E-state index in [9.17, 15) is 4.79 Å². The van der Waals surface area contributed by atoms with Crippen molar-refractivity contribution in [1.29, 1.82) is 0 Å². The predicted molar refractivity (Wildman–Crippen MR) is 152 cm³/mol. The Morgan fingerprint density at radius 2 is 0.647 bits per heavy atom. The fourth-order valence-electron chi connectivity index (χ4n) is 4.99. The smallest absolute Gasteiger partial charge is 0.309 e. The molecule has 0 aromatic carbocycles. The maximum atomic E-state index is 11.1. The third-order valence-electron chi connectivity index (χ3n) is 7.73. The second-order valence-corrected chi connectivity index (χ2v) is 11.8. The Hall–Kier alpha value is -0.530. The third-order valence-corrected chi connectivity index (χ3v) is 7.73. The summed E-state index contributed by atoms with van der Waals surface area (Å²) in [6.45, 7) is 5.98. The summed E-state index contributed by atoms with van der Waals surface area (Å²) in [7, 11) is 0. The standard InChI is InChI=1S/C32H64O2/c1-4-5-6-7-8-9-10-11-12-13-14-15-16-17-18-19-20-21-22-23-24-25-26-27-28-29-30-32(2,3)31(33)34/h4-30H2,1-3H3,(H,33,34). The molecule has 1 N–H and O–H groups in total. The number of carboxylic acid groups (broad SMARTS) is 1. The van der Waals surface area contributed by atoms with E-state index >= 15 is 0 Å². The molecule has 204 valence electrons. The van der Waals surface area contributed by atoms with E-state index in [0.29, 0.717) is 0 Å². The minimum absolute atomic E-state index is 0.549. The Labute approximate surface area is 215 Å². The van der Waals surface area contributed by atoms with Gasteiger partial charge in [-0.05, 0) is 20.3 Å². The van der Waals surface area contributed by atoms with Crippen LogP contribution < -0.4 is 0 Å². The molecule has 0 saturated carbocycles. The first-order chi connectivity index (χ1) is 16.5. The minimum Gasteiger partial charge on any atom is -0.481 e. The van der Waals surface area contributed by atoms with Gasteiger partial charge in [0.1, 0.15) is 0 Å². The molecule has 34 heavy (non-hydrogen) atoms. The van der Waals surface area contributed by atoms with E-state index in [0.717, 1.165) is 12.8 Å². The molecule has 0 aliphatic rings. The van der Waals surface area contributed by atoms with Crippen molar-refractivity contribution in [3.05, 3.63) is 0 Å².